The molecule has 0 bridgehead atoms. The molecule has 5 heteroatoms. The SMILES string of the molecule is CCC(=O)Oc1c[nH]c2ccc(F)cc2c1=O. The van der Waals surface area contributed by atoms with Crippen LogP contribution in [0.2, 0.25) is 0 Å². The highest BCUT2D eigenvalue weighted by Gasteiger charge is 2.09. The molecule has 1 aromatic heterocycles. The van der Waals surface area contributed by atoms with Gasteiger partial charge in [0.05, 0.1) is 5.39 Å². The average molecular weight is 235 g/mol. The number of aromatic amines is 1. The summed E-state index contributed by atoms with van der Waals surface area (Å²) >= 11 is 0. The van der Waals surface area contributed by atoms with Gasteiger partial charge in [-0.25, -0.2) is 4.39 Å². The number of H-pyrrole nitrogens is 1. The number of carbonyl (C=O) groups excluding carboxylic acids is 1. The van der Waals surface area contributed by atoms with E-state index < -0.39 is 17.2 Å². The van der Waals surface area contributed by atoms with Crippen LogP contribution >= 0.6 is 0 Å². The lowest BCUT2D eigenvalue weighted by atomic mass is 10.2. The van der Waals surface area contributed by atoms with Crippen LogP contribution < -0.4 is 10.2 Å². The number of hydrogen-bond donors (Lipinski definition) is 1. The van der Waals surface area contributed by atoms with E-state index in [4.69, 9.17) is 4.74 Å². The average Bonchev–Trinajstić information content (AvgIpc) is 2.33. The summed E-state index contributed by atoms with van der Waals surface area (Å²) in [6, 6.07) is 3.81. The Bertz CT molecular complexity index is 633. The quantitative estimate of drug-likeness (QED) is 0.810. The van der Waals surface area contributed by atoms with E-state index in [0.29, 0.717) is 5.52 Å². The minimum Gasteiger partial charge on any atom is -0.421 e. The summed E-state index contributed by atoms with van der Waals surface area (Å²) in [7, 11) is 0. The van der Waals surface area contributed by atoms with Gasteiger partial charge in [-0.3, -0.25) is 9.59 Å². The van der Waals surface area contributed by atoms with Crippen molar-refractivity contribution in [1.82, 2.24) is 4.98 Å². The van der Waals surface area contributed by atoms with E-state index in [1.54, 1.807) is 6.92 Å². The molecule has 2 rings (SSSR count). The normalized spacial score (nSPS) is 10.5. The number of aromatic nitrogens is 1. The molecule has 0 fully saturated rings. The van der Waals surface area contributed by atoms with Crippen LogP contribution in [0.5, 0.6) is 5.75 Å². The smallest absolute Gasteiger partial charge is 0.311 e. The van der Waals surface area contributed by atoms with Gasteiger partial charge < -0.3 is 9.72 Å². The Balaban J connectivity index is 2.57. The Morgan fingerprint density at radius 1 is 1.47 bits per heavy atom. The summed E-state index contributed by atoms with van der Waals surface area (Å²) in [5, 5.41) is 0.159. The van der Waals surface area contributed by atoms with Crippen LogP contribution in [0.3, 0.4) is 0 Å². The summed E-state index contributed by atoms with van der Waals surface area (Å²) < 4.78 is 17.9. The molecule has 0 saturated carbocycles. The molecule has 0 aliphatic carbocycles. The van der Waals surface area contributed by atoms with Gasteiger partial charge in [0.2, 0.25) is 5.43 Å². The Morgan fingerprint density at radius 2 is 2.24 bits per heavy atom. The highest BCUT2D eigenvalue weighted by atomic mass is 19.1. The maximum atomic E-state index is 13.0. The van der Waals surface area contributed by atoms with Crippen LogP contribution in [0, 0.1) is 5.82 Å². The van der Waals surface area contributed by atoms with Gasteiger partial charge in [-0.05, 0) is 18.2 Å². The second-order valence-electron chi connectivity index (χ2n) is 3.50. The lowest BCUT2D eigenvalue weighted by Crippen LogP contribution is -2.14. The van der Waals surface area contributed by atoms with Crippen LogP contribution in [0.25, 0.3) is 10.9 Å². The fourth-order valence-electron chi connectivity index (χ4n) is 1.44. The number of ether oxygens (including phenoxy) is 1. The first kappa shape index (κ1) is 11.3. The molecular weight excluding hydrogens is 225 g/mol. The first-order valence-electron chi connectivity index (χ1n) is 5.13. The zero-order chi connectivity index (χ0) is 12.4. The topological polar surface area (TPSA) is 59.2 Å². The number of hydrogen-bond acceptors (Lipinski definition) is 3. The molecule has 0 amide bonds. The molecular formula is C12H10FNO3. The summed E-state index contributed by atoms with van der Waals surface area (Å²) in [6.45, 7) is 1.62. The van der Waals surface area contributed by atoms with Gasteiger partial charge in [0, 0.05) is 18.1 Å². The lowest BCUT2D eigenvalue weighted by molar-refractivity contribution is -0.134. The predicted molar refractivity (Wildman–Crippen MR) is 60.5 cm³/mol. The minimum atomic E-state index is -0.512. The highest BCUT2D eigenvalue weighted by Crippen LogP contribution is 2.13. The molecule has 1 N–H and O–H groups in total. The van der Waals surface area contributed by atoms with E-state index in [0.717, 1.165) is 6.07 Å². The molecule has 0 unspecified atom stereocenters. The number of esters is 1. The fraction of sp³-hybridized carbons (Fsp3) is 0.167. The number of fused-ring (bicyclic) bond motifs is 1. The molecule has 0 radical (unpaired) electrons. The predicted octanol–water partition coefficient (Wildman–Crippen LogP) is 1.98. The maximum Gasteiger partial charge on any atom is 0.311 e. The summed E-state index contributed by atoms with van der Waals surface area (Å²) in [5.41, 5.74) is -0.00672. The van der Waals surface area contributed by atoms with Crippen molar-refractivity contribution < 1.29 is 13.9 Å². The molecule has 4 nitrogen and oxygen atoms in total. The fourth-order valence-corrected chi connectivity index (χ4v) is 1.44. The molecule has 88 valence electrons. The Morgan fingerprint density at radius 3 is 2.94 bits per heavy atom. The lowest BCUT2D eigenvalue weighted by Gasteiger charge is -2.03. The largest absolute Gasteiger partial charge is 0.421 e. The Kier molecular flexibility index (Phi) is 2.91. The van der Waals surface area contributed by atoms with E-state index in [9.17, 15) is 14.0 Å². The number of halogens is 1. The number of rotatable bonds is 2. The van der Waals surface area contributed by atoms with Gasteiger partial charge in [0.1, 0.15) is 5.82 Å². The van der Waals surface area contributed by atoms with Gasteiger partial charge in [-0.15, -0.1) is 0 Å². The van der Waals surface area contributed by atoms with Crippen LogP contribution in [-0.2, 0) is 4.79 Å². The standard InChI is InChI=1S/C12H10FNO3/c1-2-11(15)17-10-6-14-9-4-3-7(13)5-8(9)12(10)16/h3-6H,2H2,1H3,(H,14,16). The van der Waals surface area contributed by atoms with E-state index in [1.807, 2.05) is 0 Å². The number of nitrogens with one attached hydrogen (secondary N) is 1. The van der Waals surface area contributed by atoms with Crippen molar-refractivity contribution in [2.45, 2.75) is 13.3 Å². The van der Waals surface area contributed by atoms with Gasteiger partial charge in [-0.2, -0.15) is 0 Å². The van der Waals surface area contributed by atoms with Crippen molar-refractivity contribution in [1.29, 1.82) is 0 Å². The summed E-state index contributed by atoms with van der Waals surface area (Å²) in [4.78, 5) is 25.7. The van der Waals surface area contributed by atoms with Crippen LogP contribution in [0.15, 0.2) is 29.2 Å². The third kappa shape index (κ3) is 2.18. The Labute approximate surface area is 96.0 Å². The first-order chi connectivity index (χ1) is 8.11. The first-order valence-corrected chi connectivity index (χ1v) is 5.13. The summed E-state index contributed by atoms with van der Waals surface area (Å²) in [6.07, 6.45) is 1.47. The van der Waals surface area contributed by atoms with Crippen molar-refractivity contribution in [2.24, 2.45) is 0 Å². The number of pyridine rings is 1. The molecule has 0 aliphatic rings. The molecule has 0 saturated heterocycles. The van der Waals surface area contributed by atoms with Crippen molar-refractivity contribution in [2.75, 3.05) is 0 Å². The zero-order valence-corrected chi connectivity index (χ0v) is 9.12. The second-order valence-corrected chi connectivity index (χ2v) is 3.50. The molecule has 0 aliphatic heterocycles. The monoisotopic (exact) mass is 235 g/mol. The van der Waals surface area contributed by atoms with Crippen molar-refractivity contribution in [3.63, 3.8) is 0 Å². The maximum absolute atomic E-state index is 13.0. The summed E-state index contributed by atoms with van der Waals surface area (Å²) in [5.74, 6) is -1.14. The molecule has 1 heterocycles. The third-order valence-electron chi connectivity index (χ3n) is 2.32. The molecule has 1 aromatic carbocycles. The van der Waals surface area contributed by atoms with Gasteiger partial charge in [0.25, 0.3) is 0 Å². The zero-order valence-electron chi connectivity index (χ0n) is 9.12. The third-order valence-corrected chi connectivity index (χ3v) is 2.32. The van der Waals surface area contributed by atoms with Crippen molar-refractivity contribution in [3.8, 4) is 5.75 Å². The van der Waals surface area contributed by atoms with Crippen molar-refractivity contribution in [3.05, 3.63) is 40.4 Å². The van der Waals surface area contributed by atoms with E-state index in [2.05, 4.69) is 4.98 Å². The van der Waals surface area contributed by atoms with Crippen LogP contribution in [-0.4, -0.2) is 11.0 Å². The van der Waals surface area contributed by atoms with Gasteiger partial charge >= 0.3 is 5.97 Å². The van der Waals surface area contributed by atoms with Crippen LogP contribution in [0.4, 0.5) is 4.39 Å². The number of carbonyl (C=O) groups is 1. The van der Waals surface area contributed by atoms with E-state index in [1.165, 1.54) is 18.3 Å². The second kappa shape index (κ2) is 4.37. The van der Waals surface area contributed by atoms with Crippen molar-refractivity contribution >= 4 is 16.9 Å². The molecule has 17 heavy (non-hydrogen) atoms. The molecule has 0 atom stereocenters. The molecule has 0 spiro atoms. The van der Waals surface area contributed by atoms with E-state index in [-0.39, 0.29) is 17.6 Å². The van der Waals surface area contributed by atoms with Crippen LogP contribution in [0.1, 0.15) is 13.3 Å². The minimum absolute atomic E-state index is 0.116. The van der Waals surface area contributed by atoms with Gasteiger partial charge in [-0.1, -0.05) is 6.92 Å². The highest BCUT2D eigenvalue weighted by molar-refractivity contribution is 5.80. The van der Waals surface area contributed by atoms with E-state index >= 15 is 0 Å². The Hall–Kier alpha value is -2.17. The molecule has 2 aromatic rings. The number of benzene rings is 1. The van der Waals surface area contributed by atoms with Gasteiger partial charge in [0.15, 0.2) is 5.75 Å².